The van der Waals surface area contributed by atoms with E-state index in [0.29, 0.717) is 23.8 Å². The van der Waals surface area contributed by atoms with E-state index >= 15 is 0 Å². The zero-order valence-corrected chi connectivity index (χ0v) is 31.9. The van der Waals surface area contributed by atoms with Crippen molar-refractivity contribution in [3.05, 3.63) is 75.2 Å². The summed E-state index contributed by atoms with van der Waals surface area (Å²) in [6.45, 7) is 9.51. The smallest absolute Gasteiger partial charge is 0.321 e. The molecule has 2 heterocycles. The number of anilines is 1. The number of nitrogens with two attached hydrogens (primary N) is 1. The van der Waals surface area contributed by atoms with Crippen LogP contribution in [0.25, 0.3) is 0 Å². The molecule has 0 saturated carbocycles. The van der Waals surface area contributed by atoms with Crippen LogP contribution in [0, 0.1) is 11.8 Å². The van der Waals surface area contributed by atoms with Crippen molar-refractivity contribution in [3.63, 3.8) is 0 Å². The summed E-state index contributed by atoms with van der Waals surface area (Å²) in [5.41, 5.74) is 7.52. The van der Waals surface area contributed by atoms with Gasteiger partial charge in [-0.3, -0.25) is 9.59 Å². The van der Waals surface area contributed by atoms with Gasteiger partial charge in [-0.15, -0.1) is 11.3 Å². The third-order valence-electron chi connectivity index (χ3n) is 8.37. The second-order valence-electron chi connectivity index (χ2n) is 13.4. The van der Waals surface area contributed by atoms with E-state index in [1.165, 1.54) is 45.7 Å². The van der Waals surface area contributed by atoms with Crippen LogP contribution in [-0.4, -0.2) is 94.9 Å². The second kappa shape index (κ2) is 17.6. The number of carbonyl (C=O) groups excluding carboxylic acids is 3. The van der Waals surface area contributed by atoms with Crippen LogP contribution in [-0.2, 0) is 43.9 Å². The Bertz CT molecular complexity index is 1770. The Balaban J connectivity index is 1.54. The van der Waals surface area contributed by atoms with Crippen LogP contribution >= 0.6 is 22.9 Å². The number of amides is 3. The summed E-state index contributed by atoms with van der Waals surface area (Å²) >= 11 is 7.39. The number of nitrogens with zero attached hydrogens (tertiary/aromatic N) is 4. The van der Waals surface area contributed by atoms with Gasteiger partial charge < -0.3 is 30.7 Å². The number of ether oxygens (including phenoxy) is 1. The van der Waals surface area contributed by atoms with Gasteiger partial charge in [-0.05, 0) is 42.0 Å². The predicted octanol–water partition coefficient (Wildman–Crippen LogP) is 4.14. The van der Waals surface area contributed by atoms with E-state index in [1.54, 1.807) is 4.90 Å². The van der Waals surface area contributed by atoms with Crippen LogP contribution in [0.5, 0.6) is 0 Å². The first-order chi connectivity index (χ1) is 24.1. The molecule has 0 bridgehead atoms. The van der Waals surface area contributed by atoms with Crippen molar-refractivity contribution in [3.8, 4) is 0 Å². The lowest BCUT2D eigenvalue weighted by atomic mass is 9.97. The molecule has 1 aromatic heterocycles. The first kappa shape index (κ1) is 40.0. The number of aliphatic hydroxyl groups excluding tert-OH is 1. The zero-order valence-electron chi connectivity index (χ0n) is 29.5. The van der Waals surface area contributed by atoms with E-state index in [0.717, 1.165) is 5.56 Å². The fraction of sp³-hybridized carbons (Fsp3) is 0.486. The molecular formula is C35H47ClN6O7S2. The fourth-order valence-electron chi connectivity index (χ4n) is 5.92. The van der Waals surface area contributed by atoms with Gasteiger partial charge in [0, 0.05) is 38.5 Å². The van der Waals surface area contributed by atoms with Crippen LogP contribution in [0.1, 0.15) is 50.9 Å². The van der Waals surface area contributed by atoms with E-state index in [-0.39, 0.29) is 66.1 Å². The van der Waals surface area contributed by atoms with Crippen molar-refractivity contribution in [2.24, 2.45) is 11.8 Å². The summed E-state index contributed by atoms with van der Waals surface area (Å²) in [5, 5.41) is 17.4. The standard InChI is InChI=1S/C35H47ClN6O7S2/c1-22(2)17-41(51(47,48)27-11-12-28(36)29(37)16-27)19-31(44)30(15-25-9-7-6-8-10-25)39-34(45)33(23(3)4)42-14-13-40(35(42)46)18-26-21-50-32(38-26)20-49-24(5)43/h6-12,16,21-23,30-31,33,44H,13-15,17-20,37H2,1-5H3,(H,39,45)/t30-,31+,33-/m0/s1. The highest BCUT2D eigenvalue weighted by Gasteiger charge is 2.40. The number of benzene rings is 2. The van der Waals surface area contributed by atoms with E-state index in [2.05, 4.69) is 10.3 Å². The number of aromatic nitrogens is 1. The number of halogens is 1. The maximum absolute atomic E-state index is 14.1. The summed E-state index contributed by atoms with van der Waals surface area (Å²) in [6, 6.07) is 11.3. The SMILES string of the molecule is CC(=O)OCc1nc(CN2CCN([C@H](C(=O)N[C@@H](Cc3ccccc3)[C@H](O)CN(CC(C)C)S(=O)(=O)c3ccc(Cl)c(N)c3)C(C)C)C2=O)cs1. The van der Waals surface area contributed by atoms with Gasteiger partial charge in [-0.25, -0.2) is 18.2 Å². The van der Waals surface area contributed by atoms with Gasteiger partial charge in [0.15, 0.2) is 0 Å². The highest BCUT2D eigenvalue weighted by Crippen LogP contribution is 2.26. The summed E-state index contributed by atoms with van der Waals surface area (Å²) in [6.07, 6.45) is -1.11. The Morgan fingerprint density at radius 1 is 1.12 bits per heavy atom. The van der Waals surface area contributed by atoms with Crippen molar-refractivity contribution in [1.82, 2.24) is 24.4 Å². The molecule has 4 N–H and O–H groups in total. The lowest BCUT2D eigenvalue weighted by Gasteiger charge is -2.34. The molecule has 1 fully saturated rings. The van der Waals surface area contributed by atoms with E-state index in [4.69, 9.17) is 22.1 Å². The van der Waals surface area contributed by atoms with Crippen LogP contribution in [0.2, 0.25) is 5.02 Å². The van der Waals surface area contributed by atoms with Crippen molar-refractivity contribution >= 4 is 56.6 Å². The van der Waals surface area contributed by atoms with Gasteiger partial charge in [0.1, 0.15) is 17.7 Å². The van der Waals surface area contributed by atoms with Crippen LogP contribution < -0.4 is 11.1 Å². The van der Waals surface area contributed by atoms with Crippen molar-refractivity contribution in [2.75, 3.05) is 31.9 Å². The van der Waals surface area contributed by atoms with Crippen molar-refractivity contribution < 1.29 is 32.6 Å². The minimum atomic E-state index is -4.12. The van der Waals surface area contributed by atoms with Crippen LogP contribution in [0.4, 0.5) is 10.5 Å². The highest BCUT2D eigenvalue weighted by atomic mass is 35.5. The van der Waals surface area contributed by atoms with Gasteiger partial charge in [-0.2, -0.15) is 4.31 Å². The van der Waals surface area contributed by atoms with Crippen molar-refractivity contribution in [1.29, 1.82) is 0 Å². The lowest BCUT2D eigenvalue weighted by molar-refractivity contribution is -0.142. The van der Waals surface area contributed by atoms with Gasteiger partial charge >= 0.3 is 12.0 Å². The van der Waals surface area contributed by atoms with Crippen LogP contribution in [0.3, 0.4) is 0 Å². The number of thiazole rings is 1. The maximum atomic E-state index is 14.1. The molecule has 13 nitrogen and oxygen atoms in total. The molecule has 3 atom stereocenters. The summed E-state index contributed by atoms with van der Waals surface area (Å²) in [7, 11) is -4.12. The number of urea groups is 1. The number of hydrogen-bond acceptors (Lipinski definition) is 10. The van der Waals surface area contributed by atoms with E-state index in [1.807, 2.05) is 63.4 Å². The zero-order chi connectivity index (χ0) is 37.5. The minimum absolute atomic E-state index is 0.0581. The molecule has 3 aromatic rings. The number of nitrogen functional groups attached to an aromatic ring is 1. The molecule has 2 aromatic carbocycles. The average molecular weight is 763 g/mol. The van der Waals surface area contributed by atoms with Gasteiger partial charge in [0.2, 0.25) is 15.9 Å². The third kappa shape index (κ3) is 10.6. The predicted molar refractivity (Wildman–Crippen MR) is 196 cm³/mol. The van der Waals surface area contributed by atoms with Gasteiger partial charge in [-0.1, -0.05) is 69.6 Å². The lowest BCUT2D eigenvalue weighted by Crippen LogP contribution is -2.57. The number of carbonyl (C=O) groups is 3. The summed E-state index contributed by atoms with van der Waals surface area (Å²) in [5.74, 6) is -1.24. The molecule has 1 saturated heterocycles. The molecule has 16 heteroatoms. The second-order valence-corrected chi connectivity index (χ2v) is 16.7. The number of sulfonamides is 1. The molecule has 51 heavy (non-hydrogen) atoms. The molecule has 1 aliphatic rings. The molecule has 278 valence electrons. The first-order valence-corrected chi connectivity index (χ1v) is 19.5. The quantitative estimate of drug-likeness (QED) is 0.135. The molecule has 0 unspecified atom stereocenters. The Kier molecular flexibility index (Phi) is 13.8. The molecule has 4 rings (SSSR count). The molecule has 0 radical (unpaired) electrons. The first-order valence-electron chi connectivity index (χ1n) is 16.8. The Morgan fingerprint density at radius 2 is 1.82 bits per heavy atom. The topological polar surface area (TPSA) is 175 Å². The molecule has 0 aliphatic carbocycles. The number of esters is 1. The molecule has 1 aliphatic heterocycles. The number of nitrogens with one attached hydrogen (secondary N) is 1. The number of aliphatic hydroxyl groups is 1. The minimum Gasteiger partial charge on any atom is -0.458 e. The Hall–Kier alpha value is -3.76. The van der Waals surface area contributed by atoms with Gasteiger partial charge in [0.05, 0.1) is 40.0 Å². The third-order valence-corrected chi connectivity index (χ3v) is 11.4. The Morgan fingerprint density at radius 3 is 2.45 bits per heavy atom. The van der Waals surface area contributed by atoms with Crippen molar-refractivity contribution in [2.45, 2.75) is 77.3 Å². The van der Waals surface area contributed by atoms with Gasteiger partial charge in [0.25, 0.3) is 0 Å². The number of rotatable bonds is 17. The molecule has 0 spiro atoms. The summed E-state index contributed by atoms with van der Waals surface area (Å²) < 4.78 is 33.9. The number of hydrogen-bond donors (Lipinski definition) is 3. The van der Waals surface area contributed by atoms with Crippen LogP contribution in [0.15, 0.2) is 58.8 Å². The summed E-state index contributed by atoms with van der Waals surface area (Å²) in [4.78, 5) is 46.5. The average Bonchev–Trinajstić information content (AvgIpc) is 3.66. The van der Waals surface area contributed by atoms with E-state index in [9.17, 15) is 27.9 Å². The Labute approximate surface area is 308 Å². The van der Waals surface area contributed by atoms with E-state index < -0.39 is 40.1 Å². The molecule has 3 amide bonds. The normalized spacial score (nSPS) is 15.5. The monoisotopic (exact) mass is 762 g/mol. The fourth-order valence-corrected chi connectivity index (χ4v) is 8.39. The largest absolute Gasteiger partial charge is 0.458 e. The maximum Gasteiger partial charge on any atom is 0.321 e. The highest BCUT2D eigenvalue weighted by molar-refractivity contribution is 7.89. The molecular weight excluding hydrogens is 716 g/mol.